The van der Waals surface area contributed by atoms with Crippen molar-refractivity contribution in [3.05, 3.63) is 100 Å². The van der Waals surface area contributed by atoms with Gasteiger partial charge in [0.1, 0.15) is 11.4 Å². The molecule has 2 aromatic heterocycles. The van der Waals surface area contributed by atoms with Gasteiger partial charge in [-0.2, -0.15) is 5.21 Å². The van der Waals surface area contributed by atoms with Crippen molar-refractivity contribution in [1.82, 2.24) is 29.8 Å². The van der Waals surface area contributed by atoms with Gasteiger partial charge < -0.3 is 4.74 Å². The predicted octanol–water partition coefficient (Wildman–Crippen LogP) is 5.02. The third-order valence-corrected chi connectivity index (χ3v) is 6.38. The molecule has 3 aromatic carbocycles. The number of nitrogens with zero attached hydrogens (tertiary/aromatic N) is 5. The number of halogens is 1. The van der Waals surface area contributed by atoms with Gasteiger partial charge in [-0.15, -0.1) is 10.2 Å². The molecule has 0 atom stereocenters. The number of nitrogens with one attached hydrogen (secondary N) is 1. The summed E-state index contributed by atoms with van der Waals surface area (Å²) in [6.07, 6.45) is 4.35. The van der Waals surface area contributed by atoms with Crippen LogP contribution < -0.4 is 10.4 Å². The first-order chi connectivity index (χ1) is 18.1. The van der Waals surface area contributed by atoms with Crippen LogP contribution in [0.25, 0.3) is 28.2 Å². The molecule has 0 bridgehead atoms. The van der Waals surface area contributed by atoms with E-state index in [9.17, 15) is 9.18 Å². The molecular formula is C28H27FN6O2. The van der Waals surface area contributed by atoms with Crippen LogP contribution in [0.1, 0.15) is 31.0 Å². The lowest BCUT2D eigenvalue weighted by Gasteiger charge is -2.10. The number of para-hydroxylation sites is 1. The highest BCUT2D eigenvalue weighted by atomic mass is 19.1. The smallest absolute Gasteiger partial charge is 0.333 e. The van der Waals surface area contributed by atoms with E-state index in [1.54, 1.807) is 22.9 Å². The lowest BCUT2D eigenvalue weighted by molar-refractivity contribution is 0.408. The van der Waals surface area contributed by atoms with E-state index in [0.29, 0.717) is 24.5 Å². The van der Waals surface area contributed by atoms with Crippen LogP contribution in [0.4, 0.5) is 4.39 Å². The standard InChI is InChI=1S/C28H27FN6O2/c1-3-4-8-21-18-35(26-24(29)11-7-12-25(26)37-2)28(36)34(21)17-19-13-15-20(16-14-19)22-9-5-6-10-23(22)27-30-32-33-31-27/h5-7,9-16,18H,3-4,8,17H2,1-2H3,(H,30,31,32,33). The first kappa shape index (κ1) is 24.2. The van der Waals surface area contributed by atoms with Crippen LogP contribution in [0, 0.1) is 5.82 Å². The first-order valence-corrected chi connectivity index (χ1v) is 12.2. The maximum absolute atomic E-state index is 14.8. The summed E-state index contributed by atoms with van der Waals surface area (Å²) in [4.78, 5) is 13.5. The zero-order chi connectivity index (χ0) is 25.8. The van der Waals surface area contributed by atoms with E-state index in [2.05, 4.69) is 27.5 Å². The summed E-state index contributed by atoms with van der Waals surface area (Å²) in [6.45, 7) is 2.47. The van der Waals surface area contributed by atoms with Crippen LogP contribution >= 0.6 is 0 Å². The number of rotatable bonds is 9. The Labute approximate surface area is 213 Å². The van der Waals surface area contributed by atoms with E-state index in [-0.39, 0.29) is 11.4 Å². The lowest BCUT2D eigenvalue weighted by Crippen LogP contribution is -2.25. The van der Waals surface area contributed by atoms with Crippen LogP contribution in [0.15, 0.2) is 77.7 Å². The molecular weight excluding hydrogens is 471 g/mol. The minimum atomic E-state index is -0.509. The van der Waals surface area contributed by atoms with Crippen molar-refractivity contribution in [3.8, 4) is 34.0 Å². The van der Waals surface area contributed by atoms with Gasteiger partial charge in [-0.3, -0.25) is 9.13 Å². The van der Waals surface area contributed by atoms with Gasteiger partial charge in [0.25, 0.3) is 0 Å². The second-order valence-corrected chi connectivity index (χ2v) is 8.73. The quantitative estimate of drug-likeness (QED) is 0.308. The Morgan fingerprint density at radius 3 is 2.49 bits per heavy atom. The molecule has 5 aromatic rings. The van der Waals surface area contributed by atoms with E-state index in [1.807, 2.05) is 48.5 Å². The summed E-state index contributed by atoms with van der Waals surface area (Å²) in [5.41, 5.74) is 4.48. The monoisotopic (exact) mass is 498 g/mol. The SMILES string of the molecule is CCCCc1cn(-c2c(F)cccc2OC)c(=O)n1Cc1ccc(-c2ccccc2-c2nn[nH]n2)cc1. The maximum atomic E-state index is 14.8. The molecule has 0 saturated carbocycles. The van der Waals surface area contributed by atoms with Crippen LogP contribution in [-0.4, -0.2) is 36.9 Å². The van der Waals surface area contributed by atoms with Crippen molar-refractivity contribution >= 4 is 0 Å². The first-order valence-electron chi connectivity index (χ1n) is 12.2. The minimum absolute atomic E-state index is 0.125. The fourth-order valence-corrected chi connectivity index (χ4v) is 4.49. The van der Waals surface area contributed by atoms with Crippen molar-refractivity contribution < 1.29 is 9.13 Å². The summed E-state index contributed by atoms with van der Waals surface area (Å²) < 4.78 is 23.2. The van der Waals surface area contributed by atoms with Crippen LogP contribution in [0.2, 0.25) is 0 Å². The summed E-state index contributed by atoms with van der Waals surface area (Å²) in [6, 6.07) is 20.4. The minimum Gasteiger partial charge on any atom is -0.494 e. The maximum Gasteiger partial charge on any atom is 0.333 e. The Kier molecular flexibility index (Phi) is 6.93. The van der Waals surface area contributed by atoms with E-state index in [4.69, 9.17) is 4.74 Å². The normalized spacial score (nSPS) is 11.1. The Morgan fingerprint density at radius 1 is 1.00 bits per heavy atom. The molecule has 1 N–H and O–H groups in total. The van der Waals surface area contributed by atoms with Gasteiger partial charge in [0.05, 0.1) is 13.7 Å². The van der Waals surface area contributed by atoms with E-state index in [0.717, 1.165) is 40.8 Å². The third-order valence-electron chi connectivity index (χ3n) is 6.38. The van der Waals surface area contributed by atoms with Crippen molar-refractivity contribution in [3.63, 3.8) is 0 Å². The number of hydrogen-bond donors (Lipinski definition) is 1. The van der Waals surface area contributed by atoms with Crippen LogP contribution in [0.5, 0.6) is 5.75 Å². The number of aryl methyl sites for hydroxylation is 1. The predicted molar refractivity (Wildman–Crippen MR) is 139 cm³/mol. The second kappa shape index (κ2) is 10.6. The summed E-state index contributed by atoms with van der Waals surface area (Å²) in [5, 5.41) is 14.4. The van der Waals surface area contributed by atoms with Crippen LogP contribution in [-0.2, 0) is 13.0 Å². The van der Waals surface area contributed by atoms with E-state index >= 15 is 0 Å². The van der Waals surface area contributed by atoms with Gasteiger partial charge in [0, 0.05) is 17.5 Å². The molecule has 37 heavy (non-hydrogen) atoms. The molecule has 0 aliphatic heterocycles. The molecule has 0 aliphatic carbocycles. The number of hydrogen-bond acceptors (Lipinski definition) is 5. The van der Waals surface area contributed by atoms with Crippen molar-refractivity contribution in [2.24, 2.45) is 0 Å². The average molecular weight is 499 g/mol. The topological polar surface area (TPSA) is 90.6 Å². The molecule has 8 nitrogen and oxygen atoms in total. The van der Waals surface area contributed by atoms with Crippen molar-refractivity contribution in [2.45, 2.75) is 32.7 Å². The fraction of sp³-hybridized carbons (Fsp3) is 0.214. The van der Waals surface area contributed by atoms with Crippen molar-refractivity contribution in [2.75, 3.05) is 7.11 Å². The lowest BCUT2D eigenvalue weighted by atomic mass is 9.98. The second-order valence-electron chi connectivity index (χ2n) is 8.73. The zero-order valence-electron chi connectivity index (χ0n) is 20.7. The van der Waals surface area contributed by atoms with Crippen molar-refractivity contribution in [1.29, 1.82) is 0 Å². The molecule has 188 valence electrons. The van der Waals surface area contributed by atoms with Gasteiger partial charge in [0.2, 0.25) is 5.82 Å². The number of tetrazole rings is 1. The molecule has 0 saturated heterocycles. The number of aromatic amines is 1. The molecule has 0 fully saturated rings. The highest BCUT2D eigenvalue weighted by Gasteiger charge is 2.19. The summed E-state index contributed by atoms with van der Waals surface area (Å²) in [5.74, 6) is 0.327. The number of H-pyrrole nitrogens is 1. The molecule has 2 heterocycles. The largest absolute Gasteiger partial charge is 0.494 e. The summed E-state index contributed by atoms with van der Waals surface area (Å²) >= 11 is 0. The number of imidazole rings is 1. The molecule has 0 aliphatic rings. The number of unbranched alkanes of at least 4 members (excludes halogenated alkanes) is 1. The number of aromatic nitrogens is 6. The van der Waals surface area contributed by atoms with E-state index < -0.39 is 5.82 Å². The van der Waals surface area contributed by atoms with Gasteiger partial charge in [-0.05, 0) is 46.9 Å². The Morgan fingerprint density at radius 2 is 1.78 bits per heavy atom. The molecule has 5 rings (SSSR count). The fourth-order valence-electron chi connectivity index (χ4n) is 4.49. The molecule has 0 spiro atoms. The number of methoxy groups -OCH3 is 1. The third kappa shape index (κ3) is 4.80. The van der Waals surface area contributed by atoms with Gasteiger partial charge in [0.15, 0.2) is 5.82 Å². The van der Waals surface area contributed by atoms with Gasteiger partial charge in [-0.1, -0.05) is 67.9 Å². The highest BCUT2D eigenvalue weighted by Crippen LogP contribution is 2.30. The Hall–Kier alpha value is -4.53. The molecule has 9 heteroatoms. The summed E-state index contributed by atoms with van der Waals surface area (Å²) in [7, 11) is 1.47. The Bertz CT molecular complexity index is 1550. The number of benzene rings is 3. The highest BCUT2D eigenvalue weighted by molar-refractivity contribution is 5.80. The van der Waals surface area contributed by atoms with Gasteiger partial charge >= 0.3 is 5.69 Å². The molecule has 0 amide bonds. The zero-order valence-corrected chi connectivity index (χ0v) is 20.7. The van der Waals surface area contributed by atoms with Crippen LogP contribution in [0.3, 0.4) is 0 Å². The number of ether oxygens (including phenoxy) is 1. The molecule has 0 radical (unpaired) electrons. The molecule has 0 unspecified atom stereocenters. The average Bonchev–Trinajstić information content (AvgIpc) is 3.57. The van der Waals surface area contributed by atoms with Gasteiger partial charge in [-0.25, -0.2) is 9.18 Å². The van der Waals surface area contributed by atoms with E-state index in [1.165, 1.54) is 17.7 Å². The Balaban J connectivity index is 1.50.